The van der Waals surface area contributed by atoms with Crippen molar-refractivity contribution in [2.75, 3.05) is 20.2 Å². The predicted octanol–water partition coefficient (Wildman–Crippen LogP) is 0.687. The Balaban J connectivity index is 1.87. The third-order valence-electron chi connectivity index (χ3n) is 3.97. The number of hydrogen-bond acceptors (Lipinski definition) is 3. The van der Waals surface area contributed by atoms with Crippen molar-refractivity contribution in [3.8, 4) is 0 Å². The Morgan fingerprint density at radius 2 is 2.24 bits per heavy atom. The van der Waals surface area contributed by atoms with Crippen LogP contribution in [0.5, 0.6) is 0 Å². The number of carbonyl (C=O) groups excluding carboxylic acids is 1. The first-order valence-corrected chi connectivity index (χ1v) is 6.54. The molecular formula is C12H23N3O2. The van der Waals surface area contributed by atoms with Gasteiger partial charge in [-0.05, 0) is 32.1 Å². The molecule has 1 heterocycles. The molecule has 2 amide bonds. The lowest BCUT2D eigenvalue weighted by molar-refractivity contribution is 0.0261. The summed E-state index contributed by atoms with van der Waals surface area (Å²) in [6.07, 6.45) is 5.48. The number of rotatable bonds is 3. The summed E-state index contributed by atoms with van der Waals surface area (Å²) in [6, 6.07) is 0.564. The van der Waals surface area contributed by atoms with Crippen LogP contribution in [-0.2, 0) is 4.74 Å². The van der Waals surface area contributed by atoms with Crippen molar-refractivity contribution < 1.29 is 9.53 Å². The highest BCUT2D eigenvalue weighted by Gasteiger charge is 2.32. The van der Waals surface area contributed by atoms with E-state index >= 15 is 0 Å². The molecule has 0 bridgehead atoms. The maximum absolute atomic E-state index is 12.1. The number of carbonyl (C=O) groups is 1. The zero-order valence-corrected chi connectivity index (χ0v) is 10.5. The number of nitrogens with two attached hydrogens (primary N) is 1. The Morgan fingerprint density at radius 1 is 1.47 bits per heavy atom. The Kier molecular flexibility index (Phi) is 4.23. The van der Waals surface area contributed by atoms with Gasteiger partial charge in [0.05, 0.1) is 6.10 Å². The number of ether oxygens (including phenoxy) is 1. The molecule has 0 spiro atoms. The fraction of sp³-hybridized carbons (Fsp3) is 0.917. The second-order valence-electron chi connectivity index (χ2n) is 5.04. The van der Waals surface area contributed by atoms with E-state index in [0.717, 1.165) is 32.2 Å². The lowest BCUT2D eigenvalue weighted by Crippen LogP contribution is -2.56. The normalized spacial score (nSPS) is 29.9. The molecule has 2 rings (SSSR count). The zero-order chi connectivity index (χ0) is 12.3. The minimum absolute atomic E-state index is 0.0553. The number of nitrogens with one attached hydrogen (secondary N) is 1. The number of hydrogen-bond donors (Lipinski definition) is 2. The van der Waals surface area contributed by atoms with Crippen molar-refractivity contribution in [3.05, 3.63) is 0 Å². The SMILES string of the molecule is COC1CCN(C(=O)NC2CCC2)C(CN)C1. The van der Waals surface area contributed by atoms with E-state index in [1.54, 1.807) is 7.11 Å². The first kappa shape index (κ1) is 12.6. The number of amides is 2. The maximum atomic E-state index is 12.1. The van der Waals surface area contributed by atoms with Crippen molar-refractivity contribution in [1.82, 2.24) is 10.2 Å². The quantitative estimate of drug-likeness (QED) is 0.764. The largest absolute Gasteiger partial charge is 0.381 e. The van der Waals surface area contributed by atoms with Gasteiger partial charge < -0.3 is 20.7 Å². The molecule has 1 aliphatic carbocycles. The second kappa shape index (κ2) is 5.69. The van der Waals surface area contributed by atoms with Crippen molar-refractivity contribution in [3.63, 3.8) is 0 Å². The van der Waals surface area contributed by atoms with Gasteiger partial charge in [-0.3, -0.25) is 0 Å². The molecule has 2 fully saturated rings. The van der Waals surface area contributed by atoms with Gasteiger partial charge in [0.2, 0.25) is 0 Å². The minimum atomic E-state index is 0.0553. The lowest BCUT2D eigenvalue weighted by Gasteiger charge is -2.40. The summed E-state index contributed by atoms with van der Waals surface area (Å²) in [6.45, 7) is 1.26. The summed E-state index contributed by atoms with van der Waals surface area (Å²) in [4.78, 5) is 14.0. The van der Waals surface area contributed by atoms with Gasteiger partial charge in [-0.1, -0.05) is 0 Å². The number of urea groups is 1. The summed E-state index contributed by atoms with van der Waals surface area (Å²) in [5, 5.41) is 3.07. The Morgan fingerprint density at radius 3 is 2.76 bits per heavy atom. The van der Waals surface area contributed by atoms with E-state index < -0.39 is 0 Å². The van der Waals surface area contributed by atoms with Gasteiger partial charge in [-0.25, -0.2) is 4.79 Å². The van der Waals surface area contributed by atoms with Gasteiger partial charge in [-0.2, -0.15) is 0 Å². The summed E-state index contributed by atoms with van der Waals surface area (Å²) < 4.78 is 5.35. The molecule has 0 aromatic carbocycles. The molecular weight excluding hydrogens is 218 g/mol. The summed E-state index contributed by atoms with van der Waals surface area (Å²) in [5.74, 6) is 0. The van der Waals surface area contributed by atoms with Crippen LogP contribution in [-0.4, -0.2) is 49.3 Å². The Hall–Kier alpha value is -0.810. The molecule has 1 saturated heterocycles. The standard InChI is InChI=1S/C12H23N3O2/c1-17-11-5-6-15(10(7-11)8-13)12(16)14-9-3-2-4-9/h9-11H,2-8,13H2,1H3,(H,14,16). The van der Waals surface area contributed by atoms with E-state index in [1.807, 2.05) is 4.90 Å². The molecule has 0 radical (unpaired) electrons. The maximum Gasteiger partial charge on any atom is 0.317 e. The van der Waals surface area contributed by atoms with Crippen LogP contribution < -0.4 is 11.1 Å². The summed E-state index contributed by atoms with van der Waals surface area (Å²) in [5.41, 5.74) is 5.75. The fourth-order valence-corrected chi connectivity index (χ4v) is 2.53. The van der Waals surface area contributed by atoms with Crippen LogP contribution in [0.2, 0.25) is 0 Å². The Bertz CT molecular complexity index is 268. The van der Waals surface area contributed by atoms with Gasteiger partial charge in [-0.15, -0.1) is 0 Å². The van der Waals surface area contributed by atoms with Crippen LogP contribution in [0.4, 0.5) is 4.79 Å². The van der Waals surface area contributed by atoms with E-state index in [9.17, 15) is 4.79 Å². The Labute approximate surface area is 103 Å². The van der Waals surface area contributed by atoms with E-state index in [2.05, 4.69) is 5.32 Å². The minimum Gasteiger partial charge on any atom is -0.381 e. The number of piperidine rings is 1. The first-order chi connectivity index (χ1) is 8.24. The third-order valence-corrected chi connectivity index (χ3v) is 3.97. The van der Waals surface area contributed by atoms with E-state index in [0.29, 0.717) is 12.6 Å². The number of likely N-dealkylation sites (tertiary alicyclic amines) is 1. The molecule has 3 N–H and O–H groups in total. The number of methoxy groups -OCH3 is 1. The van der Waals surface area contributed by atoms with E-state index in [1.165, 1.54) is 6.42 Å². The topological polar surface area (TPSA) is 67.6 Å². The van der Waals surface area contributed by atoms with Gasteiger partial charge >= 0.3 is 6.03 Å². The highest BCUT2D eigenvalue weighted by atomic mass is 16.5. The van der Waals surface area contributed by atoms with Crippen LogP contribution in [0.1, 0.15) is 32.1 Å². The van der Waals surface area contributed by atoms with Crippen LogP contribution in [0.15, 0.2) is 0 Å². The van der Waals surface area contributed by atoms with Crippen molar-refractivity contribution in [2.24, 2.45) is 5.73 Å². The predicted molar refractivity (Wildman–Crippen MR) is 65.8 cm³/mol. The average molecular weight is 241 g/mol. The first-order valence-electron chi connectivity index (χ1n) is 6.54. The van der Waals surface area contributed by atoms with Gasteiger partial charge in [0.1, 0.15) is 0 Å². The van der Waals surface area contributed by atoms with Crippen LogP contribution in [0, 0.1) is 0 Å². The smallest absolute Gasteiger partial charge is 0.317 e. The summed E-state index contributed by atoms with van der Waals surface area (Å²) in [7, 11) is 1.72. The molecule has 2 unspecified atom stereocenters. The molecule has 0 aromatic heterocycles. The van der Waals surface area contributed by atoms with Gasteiger partial charge in [0.15, 0.2) is 0 Å². The van der Waals surface area contributed by atoms with E-state index in [-0.39, 0.29) is 18.2 Å². The fourth-order valence-electron chi connectivity index (χ4n) is 2.53. The van der Waals surface area contributed by atoms with Crippen molar-refractivity contribution in [2.45, 2.75) is 50.3 Å². The van der Waals surface area contributed by atoms with Gasteiger partial charge in [0.25, 0.3) is 0 Å². The third kappa shape index (κ3) is 2.90. The van der Waals surface area contributed by atoms with Crippen LogP contribution in [0.25, 0.3) is 0 Å². The highest BCUT2D eigenvalue weighted by Crippen LogP contribution is 2.22. The molecule has 98 valence electrons. The molecule has 0 aromatic rings. The van der Waals surface area contributed by atoms with E-state index in [4.69, 9.17) is 10.5 Å². The highest BCUT2D eigenvalue weighted by molar-refractivity contribution is 5.75. The van der Waals surface area contributed by atoms with Crippen molar-refractivity contribution >= 4 is 6.03 Å². The average Bonchev–Trinajstić information content (AvgIpc) is 2.32. The summed E-state index contributed by atoms with van der Waals surface area (Å²) >= 11 is 0. The molecule has 2 aliphatic rings. The number of nitrogens with zero attached hydrogens (tertiary/aromatic N) is 1. The lowest BCUT2D eigenvalue weighted by atomic mass is 9.93. The zero-order valence-electron chi connectivity index (χ0n) is 10.5. The molecule has 5 heteroatoms. The van der Waals surface area contributed by atoms with Crippen LogP contribution in [0.3, 0.4) is 0 Å². The molecule has 17 heavy (non-hydrogen) atoms. The molecule has 5 nitrogen and oxygen atoms in total. The molecule has 1 aliphatic heterocycles. The second-order valence-corrected chi connectivity index (χ2v) is 5.04. The molecule has 1 saturated carbocycles. The molecule has 2 atom stereocenters. The monoisotopic (exact) mass is 241 g/mol. The van der Waals surface area contributed by atoms with Crippen LogP contribution >= 0.6 is 0 Å². The van der Waals surface area contributed by atoms with Gasteiger partial charge in [0, 0.05) is 32.3 Å². The van der Waals surface area contributed by atoms with Crippen molar-refractivity contribution in [1.29, 1.82) is 0 Å².